The zero-order chi connectivity index (χ0) is 13.2. The summed E-state index contributed by atoms with van der Waals surface area (Å²) in [6.45, 7) is 0. The molecule has 19 heavy (non-hydrogen) atoms. The van der Waals surface area contributed by atoms with Crippen LogP contribution in [0.2, 0.25) is 10.0 Å². The summed E-state index contributed by atoms with van der Waals surface area (Å²) in [5, 5.41) is 1.52. The molecule has 0 N–H and O–H groups in total. The Bertz CT molecular complexity index is 479. The summed E-state index contributed by atoms with van der Waals surface area (Å²) >= 11 is 16.1. The van der Waals surface area contributed by atoms with E-state index in [1.54, 1.807) is 0 Å². The zero-order valence-corrected chi connectivity index (χ0v) is 13.9. The summed E-state index contributed by atoms with van der Waals surface area (Å²) < 4.78 is 0.837. The first kappa shape index (κ1) is 13.0. The molecule has 4 aliphatic rings. The number of halogens is 3. The van der Waals surface area contributed by atoms with Crippen molar-refractivity contribution >= 4 is 39.1 Å². The van der Waals surface area contributed by atoms with Crippen LogP contribution in [-0.2, 0) is 5.41 Å². The standard InChI is InChI=1S/C16H17BrCl2/c17-15-13(18)4-12(5-14(15)19)16-6-9-1-10(7-16)3-11(2-9)8-16/h4-5,9-11H,1-3,6-8H2. The maximum atomic E-state index is 6.33. The van der Waals surface area contributed by atoms with Gasteiger partial charge >= 0.3 is 0 Å². The minimum absolute atomic E-state index is 0.378. The number of hydrogen-bond acceptors (Lipinski definition) is 0. The molecule has 0 aromatic heterocycles. The van der Waals surface area contributed by atoms with Gasteiger partial charge in [-0.05, 0) is 95.3 Å². The van der Waals surface area contributed by atoms with Gasteiger partial charge in [-0.15, -0.1) is 0 Å². The molecule has 5 rings (SSSR count). The monoisotopic (exact) mass is 358 g/mol. The minimum Gasteiger partial charge on any atom is -0.0830 e. The predicted molar refractivity (Wildman–Crippen MR) is 84.0 cm³/mol. The normalized spacial score (nSPS) is 39.8. The van der Waals surface area contributed by atoms with E-state index in [9.17, 15) is 0 Å². The molecule has 0 nitrogen and oxygen atoms in total. The van der Waals surface area contributed by atoms with Gasteiger partial charge < -0.3 is 0 Å². The molecule has 102 valence electrons. The summed E-state index contributed by atoms with van der Waals surface area (Å²) in [6, 6.07) is 4.31. The third-order valence-electron chi connectivity index (χ3n) is 5.63. The molecule has 0 amide bonds. The van der Waals surface area contributed by atoms with Crippen LogP contribution in [0.15, 0.2) is 16.6 Å². The molecule has 1 aromatic rings. The topological polar surface area (TPSA) is 0 Å². The molecule has 0 radical (unpaired) electrons. The average Bonchev–Trinajstić information content (AvgIpc) is 2.33. The van der Waals surface area contributed by atoms with Crippen molar-refractivity contribution in [2.75, 3.05) is 0 Å². The van der Waals surface area contributed by atoms with Crippen LogP contribution in [0.1, 0.15) is 44.1 Å². The molecular formula is C16H17BrCl2. The first-order valence-electron chi connectivity index (χ1n) is 7.21. The Morgan fingerprint density at radius 1 is 0.895 bits per heavy atom. The molecule has 1 aromatic carbocycles. The van der Waals surface area contributed by atoms with E-state index in [2.05, 4.69) is 28.1 Å². The minimum atomic E-state index is 0.378. The van der Waals surface area contributed by atoms with Crippen LogP contribution in [0.4, 0.5) is 0 Å². The Balaban J connectivity index is 1.79. The Labute approximate surface area is 133 Å². The fourth-order valence-electron chi connectivity index (χ4n) is 5.33. The highest BCUT2D eigenvalue weighted by Gasteiger charge is 2.51. The van der Waals surface area contributed by atoms with Gasteiger partial charge in [0.15, 0.2) is 0 Å². The molecule has 3 heteroatoms. The van der Waals surface area contributed by atoms with Gasteiger partial charge in [-0.1, -0.05) is 23.2 Å². The van der Waals surface area contributed by atoms with Gasteiger partial charge in [0.2, 0.25) is 0 Å². The molecule has 0 atom stereocenters. The van der Waals surface area contributed by atoms with Crippen molar-refractivity contribution < 1.29 is 0 Å². The highest BCUT2D eigenvalue weighted by Crippen LogP contribution is 2.61. The Kier molecular flexibility index (Phi) is 3.00. The van der Waals surface area contributed by atoms with Crippen molar-refractivity contribution in [3.05, 3.63) is 32.2 Å². The maximum absolute atomic E-state index is 6.33. The van der Waals surface area contributed by atoms with Gasteiger partial charge in [-0.25, -0.2) is 0 Å². The van der Waals surface area contributed by atoms with E-state index in [0.29, 0.717) is 5.41 Å². The van der Waals surface area contributed by atoms with E-state index < -0.39 is 0 Å². The summed E-state index contributed by atoms with van der Waals surface area (Å²) in [5.74, 6) is 2.85. The third kappa shape index (κ3) is 2.00. The maximum Gasteiger partial charge on any atom is 0.0566 e. The van der Waals surface area contributed by atoms with Crippen molar-refractivity contribution in [1.82, 2.24) is 0 Å². The zero-order valence-electron chi connectivity index (χ0n) is 10.8. The largest absolute Gasteiger partial charge is 0.0830 e. The van der Waals surface area contributed by atoms with Gasteiger partial charge in [0, 0.05) is 0 Å². The SMILES string of the molecule is Clc1cc(C23CC4CC(CC(C4)C2)C3)cc(Cl)c1Br. The second-order valence-corrected chi connectivity index (χ2v) is 8.56. The van der Waals surface area contributed by atoms with Crippen LogP contribution in [0.3, 0.4) is 0 Å². The molecule has 4 fully saturated rings. The lowest BCUT2D eigenvalue weighted by molar-refractivity contribution is -0.00518. The number of rotatable bonds is 1. The van der Waals surface area contributed by atoms with Crippen LogP contribution >= 0.6 is 39.1 Å². The van der Waals surface area contributed by atoms with Gasteiger partial charge in [0.05, 0.1) is 14.5 Å². The molecule has 0 heterocycles. The smallest absolute Gasteiger partial charge is 0.0566 e. The van der Waals surface area contributed by atoms with E-state index in [1.807, 2.05) is 0 Å². The molecule has 4 bridgehead atoms. The van der Waals surface area contributed by atoms with Crippen LogP contribution < -0.4 is 0 Å². The Morgan fingerprint density at radius 3 is 1.74 bits per heavy atom. The predicted octanol–water partition coefficient (Wildman–Crippen LogP) is 6.22. The van der Waals surface area contributed by atoms with Crippen LogP contribution in [-0.4, -0.2) is 0 Å². The van der Waals surface area contributed by atoms with Crippen LogP contribution in [0, 0.1) is 17.8 Å². The summed E-state index contributed by atoms with van der Waals surface area (Å²) in [7, 11) is 0. The van der Waals surface area contributed by atoms with Crippen molar-refractivity contribution in [1.29, 1.82) is 0 Å². The lowest BCUT2D eigenvalue weighted by Gasteiger charge is -2.57. The highest BCUT2D eigenvalue weighted by molar-refractivity contribution is 9.10. The second-order valence-electron chi connectivity index (χ2n) is 6.95. The summed E-state index contributed by atoms with van der Waals surface area (Å²) in [5.41, 5.74) is 1.77. The first-order valence-corrected chi connectivity index (χ1v) is 8.76. The molecular weight excluding hydrogens is 343 g/mol. The fraction of sp³-hybridized carbons (Fsp3) is 0.625. The van der Waals surface area contributed by atoms with E-state index in [1.165, 1.54) is 44.1 Å². The molecule has 0 unspecified atom stereocenters. The van der Waals surface area contributed by atoms with Gasteiger partial charge in [-0.3, -0.25) is 0 Å². The fourth-order valence-corrected chi connectivity index (χ4v) is 6.04. The molecule has 0 saturated heterocycles. The molecule has 0 aliphatic heterocycles. The summed E-state index contributed by atoms with van der Waals surface area (Å²) in [4.78, 5) is 0. The van der Waals surface area contributed by atoms with Crippen molar-refractivity contribution in [3.63, 3.8) is 0 Å². The van der Waals surface area contributed by atoms with Gasteiger partial charge in [0.1, 0.15) is 0 Å². The number of benzene rings is 1. The van der Waals surface area contributed by atoms with Crippen LogP contribution in [0.25, 0.3) is 0 Å². The van der Waals surface area contributed by atoms with E-state index in [-0.39, 0.29) is 0 Å². The molecule has 4 aliphatic carbocycles. The van der Waals surface area contributed by atoms with Crippen molar-refractivity contribution in [2.45, 2.75) is 43.9 Å². The van der Waals surface area contributed by atoms with Gasteiger partial charge in [0.25, 0.3) is 0 Å². The third-order valence-corrected chi connectivity index (χ3v) is 7.54. The molecule has 4 saturated carbocycles. The van der Waals surface area contributed by atoms with Crippen molar-refractivity contribution in [3.8, 4) is 0 Å². The van der Waals surface area contributed by atoms with E-state index in [4.69, 9.17) is 23.2 Å². The number of hydrogen-bond donors (Lipinski definition) is 0. The average molecular weight is 360 g/mol. The van der Waals surface area contributed by atoms with Crippen LogP contribution in [0.5, 0.6) is 0 Å². The van der Waals surface area contributed by atoms with E-state index >= 15 is 0 Å². The summed E-state index contributed by atoms with van der Waals surface area (Å²) in [6.07, 6.45) is 8.47. The lowest BCUT2D eigenvalue weighted by Crippen LogP contribution is -2.48. The van der Waals surface area contributed by atoms with Crippen molar-refractivity contribution in [2.24, 2.45) is 17.8 Å². The molecule has 0 spiro atoms. The quantitative estimate of drug-likeness (QED) is 0.522. The van der Waals surface area contributed by atoms with Gasteiger partial charge in [-0.2, -0.15) is 0 Å². The second kappa shape index (κ2) is 4.39. The lowest BCUT2D eigenvalue weighted by atomic mass is 9.48. The van der Waals surface area contributed by atoms with E-state index in [0.717, 1.165) is 32.3 Å². The Morgan fingerprint density at radius 2 is 1.32 bits per heavy atom. The first-order chi connectivity index (χ1) is 9.06. The Hall–Kier alpha value is 0.280. The highest BCUT2D eigenvalue weighted by atomic mass is 79.9.